The van der Waals surface area contributed by atoms with E-state index in [2.05, 4.69) is 34.2 Å². The second-order valence-electron chi connectivity index (χ2n) is 4.87. The predicted octanol–water partition coefficient (Wildman–Crippen LogP) is 4.00. The number of sulfone groups is 1. The first-order valence-corrected chi connectivity index (χ1v) is 10.2. The topological polar surface area (TPSA) is 46.2 Å². The van der Waals surface area contributed by atoms with Gasteiger partial charge in [0, 0.05) is 11.1 Å². The average molecular weight is 388 g/mol. The Kier molecular flexibility index (Phi) is 5.60. The third-order valence-corrected chi connectivity index (χ3v) is 5.90. The van der Waals surface area contributed by atoms with Crippen molar-refractivity contribution in [2.24, 2.45) is 0 Å². The molecular formula is C15H18BrNO2S2. The van der Waals surface area contributed by atoms with Crippen LogP contribution in [0.15, 0.2) is 45.1 Å². The first-order chi connectivity index (χ1) is 9.91. The van der Waals surface area contributed by atoms with Gasteiger partial charge in [-0.25, -0.2) is 8.42 Å². The lowest BCUT2D eigenvalue weighted by Gasteiger charge is -2.18. The molecule has 114 valence electrons. The SMILES string of the molecule is CCCNC(c1cccc(S(C)(=O)=O)c1)c1ccc(Br)s1. The molecule has 21 heavy (non-hydrogen) atoms. The molecule has 0 saturated carbocycles. The molecule has 0 saturated heterocycles. The zero-order valence-corrected chi connectivity index (χ0v) is 15.2. The predicted molar refractivity (Wildman–Crippen MR) is 91.7 cm³/mol. The fourth-order valence-corrected chi connectivity index (χ4v) is 4.28. The van der Waals surface area contributed by atoms with Crippen LogP contribution in [0, 0.1) is 0 Å². The van der Waals surface area contributed by atoms with Gasteiger partial charge in [0.25, 0.3) is 0 Å². The molecule has 0 aliphatic heterocycles. The van der Waals surface area contributed by atoms with Crippen molar-refractivity contribution in [3.63, 3.8) is 0 Å². The van der Waals surface area contributed by atoms with Gasteiger partial charge in [0.15, 0.2) is 9.84 Å². The van der Waals surface area contributed by atoms with Crippen LogP contribution in [0.25, 0.3) is 0 Å². The van der Waals surface area contributed by atoms with Gasteiger partial charge in [0.05, 0.1) is 14.7 Å². The molecule has 0 spiro atoms. The molecule has 1 aromatic carbocycles. The largest absolute Gasteiger partial charge is 0.306 e. The maximum absolute atomic E-state index is 11.7. The van der Waals surface area contributed by atoms with E-state index in [1.807, 2.05) is 12.1 Å². The van der Waals surface area contributed by atoms with Crippen LogP contribution >= 0.6 is 27.3 Å². The first kappa shape index (κ1) is 16.7. The summed E-state index contributed by atoms with van der Waals surface area (Å²) in [5.74, 6) is 0. The molecule has 0 amide bonds. The Labute approximate surface area is 138 Å². The molecule has 0 fully saturated rings. The molecule has 0 bridgehead atoms. The second kappa shape index (κ2) is 7.05. The lowest BCUT2D eigenvalue weighted by Crippen LogP contribution is -2.22. The van der Waals surface area contributed by atoms with E-state index in [1.165, 1.54) is 11.1 Å². The molecule has 6 heteroatoms. The maximum Gasteiger partial charge on any atom is 0.175 e. The fraction of sp³-hybridized carbons (Fsp3) is 0.333. The first-order valence-electron chi connectivity index (χ1n) is 6.70. The van der Waals surface area contributed by atoms with E-state index < -0.39 is 9.84 Å². The molecule has 3 nitrogen and oxygen atoms in total. The third-order valence-electron chi connectivity index (χ3n) is 3.10. The van der Waals surface area contributed by atoms with Crippen molar-refractivity contribution >= 4 is 37.1 Å². The van der Waals surface area contributed by atoms with Crippen LogP contribution in [0.1, 0.15) is 29.8 Å². The molecule has 0 aliphatic rings. The fourth-order valence-electron chi connectivity index (χ4n) is 2.08. The van der Waals surface area contributed by atoms with E-state index in [0.717, 1.165) is 22.3 Å². The Morgan fingerprint density at radius 1 is 1.29 bits per heavy atom. The summed E-state index contributed by atoms with van der Waals surface area (Å²) in [5.41, 5.74) is 0.973. The summed E-state index contributed by atoms with van der Waals surface area (Å²) < 4.78 is 24.5. The maximum atomic E-state index is 11.7. The number of hydrogen-bond donors (Lipinski definition) is 1. The molecule has 1 unspecified atom stereocenters. The molecule has 1 atom stereocenters. The second-order valence-corrected chi connectivity index (χ2v) is 9.38. The Hall–Kier alpha value is -0.690. The number of benzene rings is 1. The van der Waals surface area contributed by atoms with Crippen LogP contribution in [0.4, 0.5) is 0 Å². The van der Waals surface area contributed by atoms with Crippen LogP contribution in [0.5, 0.6) is 0 Å². The molecule has 1 N–H and O–H groups in total. The van der Waals surface area contributed by atoms with Crippen LogP contribution in [-0.4, -0.2) is 21.2 Å². The Morgan fingerprint density at radius 3 is 2.62 bits per heavy atom. The molecule has 1 aromatic heterocycles. The van der Waals surface area contributed by atoms with Crippen molar-refractivity contribution in [2.45, 2.75) is 24.3 Å². The normalized spacial score (nSPS) is 13.3. The van der Waals surface area contributed by atoms with Crippen LogP contribution < -0.4 is 5.32 Å². The summed E-state index contributed by atoms with van der Waals surface area (Å²) in [5, 5.41) is 3.49. The minimum atomic E-state index is -3.19. The molecule has 1 heterocycles. The highest BCUT2D eigenvalue weighted by molar-refractivity contribution is 9.11. The number of hydrogen-bond acceptors (Lipinski definition) is 4. The molecule has 2 aromatic rings. The Morgan fingerprint density at radius 2 is 2.05 bits per heavy atom. The summed E-state index contributed by atoms with van der Waals surface area (Å²) in [7, 11) is -3.19. The minimum Gasteiger partial charge on any atom is -0.306 e. The Bertz CT molecular complexity index is 710. The highest BCUT2D eigenvalue weighted by atomic mass is 79.9. The van der Waals surface area contributed by atoms with Crippen LogP contribution in [0.3, 0.4) is 0 Å². The number of thiophene rings is 1. The van der Waals surface area contributed by atoms with Gasteiger partial charge in [-0.15, -0.1) is 11.3 Å². The van der Waals surface area contributed by atoms with Gasteiger partial charge < -0.3 is 5.32 Å². The molecular weight excluding hydrogens is 370 g/mol. The summed E-state index contributed by atoms with van der Waals surface area (Å²) in [6.07, 6.45) is 2.26. The van der Waals surface area contributed by atoms with E-state index in [1.54, 1.807) is 29.5 Å². The highest BCUT2D eigenvalue weighted by Gasteiger charge is 2.17. The van der Waals surface area contributed by atoms with Gasteiger partial charge in [-0.05, 0) is 58.7 Å². The standard InChI is InChI=1S/C15H18BrNO2S2/c1-3-9-17-15(13-7-8-14(16)20-13)11-5-4-6-12(10-11)21(2,18)19/h4-8,10,15,17H,3,9H2,1-2H3. The molecule has 0 radical (unpaired) electrons. The summed E-state index contributed by atoms with van der Waals surface area (Å²) in [4.78, 5) is 1.53. The van der Waals surface area contributed by atoms with Crippen molar-refractivity contribution in [3.8, 4) is 0 Å². The summed E-state index contributed by atoms with van der Waals surface area (Å²) in [6.45, 7) is 2.99. The van der Waals surface area contributed by atoms with E-state index >= 15 is 0 Å². The van der Waals surface area contributed by atoms with Gasteiger partial charge in [-0.1, -0.05) is 19.1 Å². The number of nitrogens with one attached hydrogen (secondary N) is 1. The average Bonchev–Trinajstić information content (AvgIpc) is 2.85. The van der Waals surface area contributed by atoms with E-state index in [4.69, 9.17) is 0 Å². The lowest BCUT2D eigenvalue weighted by atomic mass is 10.1. The number of halogens is 1. The van der Waals surface area contributed by atoms with Crippen molar-refractivity contribution in [1.82, 2.24) is 5.32 Å². The van der Waals surface area contributed by atoms with E-state index in [9.17, 15) is 8.42 Å². The Balaban J connectivity index is 2.41. The zero-order valence-electron chi connectivity index (χ0n) is 12.0. The highest BCUT2D eigenvalue weighted by Crippen LogP contribution is 2.32. The van der Waals surface area contributed by atoms with Gasteiger partial charge in [-0.2, -0.15) is 0 Å². The smallest absolute Gasteiger partial charge is 0.175 e. The third kappa shape index (κ3) is 4.39. The van der Waals surface area contributed by atoms with Gasteiger partial charge in [-0.3, -0.25) is 0 Å². The van der Waals surface area contributed by atoms with Crippen molar-refractivity contribution in [1.29, 1.82) is 0 Å². The van der Waals surface area contributed by atoms with E-state index in [0.29, 0.717) is 4.90 Å². The molecule has 0 aliphatic carbocycles. The minimum absolute atomic E-state index is 0.0166. The summed E-state index contributed by atoms with van der Waals surface area (Å²) >= 11 is 5.14. The molecule has 2 rings (SSSR count). The monoisotopic (exact) mass is 387 g/mol. The zero-order chi connectivity index (χ0) is 15.5. The summed E-state index contributed by atoms with van der Waals surface area (Å²) in [6, 6.07) is 11.3. The van der Waals surface area contributed by atoms with Crippen molar-refractivity contribution in [2.75, 3.05) is 12.8 Å². The van der Waals surface area contributed by atoms with Gasteiger partial charge >= 0.3 is 0 Å². The van der Waals surface area contributed by atoms with E-state index in [-0.39, 0.29) is 6.04 Å². The quantitative estimate of drug-likeness (QED) is 0.814. The van der Waals surface area contributed by atoms with Crippen LogP contribution in [0.2, 0.25) is 0 Å². The van der Waals surface area contributed by atoms with Crippen LogP contribution in [-0.2, 0) is 9.84 Å². The van der Waals surface area contributed by atoms with Gasteiger partial charge in [0.2, 0.25) is 0 Å². The van der Waals surface area contributed by atoms with Crippen molar-refractivity contribution < 1.29 is 8.42 Å². The lowest BCUT2D eigenvalue weighted by molar-refractivity contribution is 0.597. The van der Waals surface area contributed by atoms with Crippen molar-refractivity contribution in [3.05, 3.63) is 50.6 Å². The number of rotatable bonds is 6. The van der Waals surface area contributed by atoms with Gasteiger partial charge in [0.1, 0.15) is 0 Å².